The Morgan fingerprint density at radius 3 is 2.31 bits per heavy atom. The van der Waals surface area contributed by atoms with Crippen LogP contribution in [0.25, 0.3) is 5.57 Å². The monoisotopic (exact) mass is 630 g/mol. The Labute approximate surface area is 264 Å². The quantitative estimate of drug-likeness (QED) is 0.386. The lowest BCUT2D eigenvalue weighted by molar-refractivity contribution is -0.138. The largest absolute Gasteiger partial charge is 0.480 e. The first-order valence-electron chi connectivity index (χ1n) is 14.9. The van der Waals surface area contributed by atoms with Crippen LogP contribution in [-0.2, 0) is 26.2 Å². The molecule has 236 valence electrons. The van der Waals surface area contributed by atoms with E-state index >= 15 is 0 Å². The second-order valence-electron chi connectivity index (χ2n) is 12.1. The van der Waals surface area contributed by atoms with Crippen LogP contribution in [0.3, 0.4) is 0 Å². The lowest BCUT2D eigenvalue weighted by Crippen LogP contribution is -2.54. The fourth-order valence-corrected chi connectivity index (χ4v) is 6.69. The molecule has 1 unspecified atom stereocenters. The molecule has 10 nitrogen and oxygen atoms in total. The van der Waals surface area contributed by atoms with Gasteiger partial charge in [-0.05, 0) is 100 Å². The molecule has 2 heterocycles. The van der Waals surface area contributed by atoms with Crippen LogP contribution >= 0.6 is 0 Å². The molecular formula is C34H38N4O6S. The van der Waals surface area contributed by atoms with E-state index in [-0.39, 0.29) is 13.1 Å². The van der Waals surface area contributed by atoms with Crippen molar-refractivity contribution in [3.63, 3.8) is 0 Å². The Morgan fingerprint density at radius 2 is 1.64 bits per heavy atom. The average molecular weight is 631 g/mol. The maximum atomic E-state index is 12.9. The van der Waals surface area contributed by atoms with Crippen LogP contribution in [0.2, 0.25) is 0 Å². The molecule has 0 radical (unpaired) electrons. The number of hydrogen-bond donors (Lipinski definition) is 2. The summed E-state index contributed by atoms with van der Waals surface area (Å²) < 4.78 is 35.7. The SMILES string of the molecule is CC(NS(=O)(=O)N1CCN(c2ccc(C#Cc3ccc4c(c3)C(c3cccn3C(=O)OC(C)(C)C)=CCC4)cc2)CC1)C(=O)O. The smallest absolute Gasteiger partial charge is 0.418 e. The third-order valence-corrected chi connectivity index (χ3v) is 9.33. The number of carbonyl (C=O) groups is 2. The van der Waals surface area contributed by atoms with Crippen molar-refractivity contribution in [2.45, 2.75) is 52.2 Å². The third kappa shape index (κ3) is 7.65. The van der Waals surface area contributed by atoms with E-state index in [1.165, 1.54) is 16.8 Å². The Bertz CT molecular complexity index is 1780. The zero-order valence-electron chi connectivity index (χ0n) is 25.9. The van der Waals surface area contributed by atoms with Gasteiger partial charge < -0.3 is 14.7 Å². The molecule has 11 heteroatoms. The van der Waals surface area contributed by atoms with E-state index in [0.717, 1.165) is 46.5 Å². The average Bonchev–Trinajstić information content (AvgIpc) is 3.49. The fourth-order valence-electron chi connectivity index (χ4n) is 5.35. The number of nitrogens with zero attached hydrogens (tertiary/aromatic N) is 3. The van der Waals surface area contributed by atoms with E-state index < -0.39 is 33.9 Å². The van der Waals surface area contributed by atoms with Gasteiger partial charge in [0.05, 0.1) is 5.69 Å². The predicted molar refractivity (Wildman–Crippen MR) is 173 cm³/mol. The fraction of sp³-hybridized carbons (Fsp3) is 0.353. The van der Waals surface area contributed by atoms with E-state index in [1.807, 2.05) is 63.2 Å². The van der Waals surface area contributed by atoms with Gasteiger partial charge in [0.1, 0.15) is 11.6 Å². The number of aliphatic carboxylic acids is 1. The molecule has 0 amide bonds. The van der Waals surface area contributed by atoms with Crippen molar-refractivity contribution in [1.82, 2.24) is 13.6 Å². The van der Waals surface area contributed by atoms with Gasteiger partial charge in [0.25, 0.3) is 10.2 Å². The highest BCUT2D eigenvalue weighted by Crippen LogP contribution is 2.33. The lowest BCUT2D eigenvalue weighted by atomic mass is 9.88. The number of nitrogens with one attached hydrogen (secondary N) is 1. The summed E-state index contributed by atoms with van der Waals surface area (Å²) in [5.41, 5.74) is 6.11. The molecule has 1 fully saturated rings. The van der Waals surface area contributed by atoms with Crippen molar-refractivity contribution in [2.24, 2.45) is 0 Å². The highest BCUT2D eigenvalue weighted by Gasteiger charge is 2.30. The van der Waals surface area contributed by atoms with Crippen LogP contribution in [0.1, 0.15) is 62.1 Å². The minimum absolute atomic E-state index is 0.250. The topological polar surface area (TPSA) is 121 Å². The van der Waals surface area contributed by atoms with Gasteiger partial charge >= 0.3 is 12.1 Å². The first-order chi connectivity index (χ1) is 21.3. The molecular weight excluding hydrogens is 592 g/mol. The summed E-state index contributed by atoms with van der Waals surface area (Å²) in [6.45, 7) is 8.32. The Hall–Kier alpha value is -4.37. The molecule has 0 bridgehead atoms. The summed E-state index contributed by atoms with van der Waals surface area (Å²) in [6, 6.07) is 16.6. The summed E-state index contributed by atoms with van der Waals surface area (Å²) in [4.78, 5) is 26.0. The number of aryl methyl sites for hydroxylation is 1. The molecule has 0 saturated carbocycles. The molecule has 1 saturated heterocycles. The number of aromatic nitrogens is 1. The highest BCUT2D eigenvalue weighted by molar-refractivity contribution is 7.87. The summed E-state index contributed by atoms with van der Waals surface area (Å²) in [5, 5.41) is 9.03. The van der Waals surface area contributed by atoms with Crippen molar-refractivity contribution in [3.8, 4) is 11.8 Å². The summed E-state index contributed by atoms with van der Waals surface area (Å²) in [6.07, 6.45) is 5.28. The predicted octanol–water partition coefficient (Wildman–Crippen LogP) is 4.48. The molecule has 0 spiro atoms. The molecule has 3 aromatic rings. The summed E-state index contributed by atoms with van der Waals surface area (Å²) in [7, 11) is -3.88. The zero-order valence-corrected chi connectivity index (χ0v) is 26.7. The van der Waals surface area contributed by atoms with E-state index in [9.17, 15) is 18.0 Å². The van der Waals surface area contributed by atoms with Gasteiger partial charge in [-0.25, -0.2) is 4.79 Å². The minimum atomic E-state index is -3.88. The third-order valence-electron chi connectivity index (χ3n) is 7.64. The maximum absolute atomic E-state index is 12.9. The number of allylic oxidation sites excluding steroid dienone is 1. The number of carboxylic acids is 1. The number of hydrogen-bond acceptors (Lipinski definition) is 6. The zero-order chi connectivity index (χ0) is 32.4. The number of benzene rings is 2. The highest BCUT2D eigenvalue weighted by atomic mass is 32.2. The molecule has 1 aromatic heterocycles. The van der Waals surface area contributed by atoms with Gasteiger partial charge in [-0.15, -0.1) is 0 Å². The first-order valence-corrected chi connectivity index (χ1v) is 16.4. The van der Waals surface area contributed by atoms with Gasteiger partial charge in [0.15, 0.2) is 0 Å². The molecule has 2 N–H and O–H groups in total. The van der Waals surface area contributed by atoms with Crippen LogP contribution in [0.5, 0.6) is 0 Å². The normalized spacial score (nSPS) is 16.2. The van der Waals surface area contributed by atoms with E-state index in [4.69, 9.17) is 9.84 Å². The van der Waals surface area contributed by atoms with Gasteiger partial charge in [-0.2, -0.15) is 17.4 Å². The molecule has 1 aliphatic carbocycles. The number of carboxylic acid groups (broad SMARTS) is 1. The first kappa shape index (κ1) is 32.0. The molecule has 2 aliphatic rings. The number of piperazine rings is 1. The van der Waals surface area contributed by atoms with E-state index in [0.29, 0.717) is 13.1 Å². The molecule has 5 rings (SSSR count). The van der Waals surface area contributed by atoms with Crippen molar-refractivity contribution in [1.29, 1.82) is 0 Å². The van der Waals surface area contributed by atoms with Crippen LogP contribution in [0.15, 0.2) is 66.9 Å². The Balaban J connectivity index is 1.26. The Kier molecular flexibility index (Phi) is 9.20. The molecule has 1 aliphatic heterocycles. The summed E-state index contributed by atoms with van der Waals surface area (Å²) in [5.74, 6) is 5.30. The van der Waals surface area contributed by atoms with Crippen molar-refractivity contribution in [3.05, 3.63) is 94.8 Å². The number of carbonyl (C=O) groups excluding carboxylic acids is 1. The second-order valence-corrected chi connectivity index (χ2v) is 13.8. The number of ether oxygens (including phenoxy) is 1. The van der Waals surface area contributed by atoms with Crippen LogP contribution in [0, 0.1) is 11.8 Å². The van der Waals surface area contributed by atoms with E-state index in [1.54, 1.807) is 10.8 Å². The summed E-state index contributed by atoms with van der Waals surface area (Å²) >= 11 is 0. The molecule has 45 heavy (non-hydrogen) atoms. The van der Waals surface area contributed by atoms with Crippen LogP contribution in [0.4, 0.5) is 10.5 Å². The minimum Gasteiger partial charge on any atom is -0.480 e. The molecule has 2 aromatic carbocycles. The number of rotatable bonds is 6. The van der Waals surface area contributed by atoms with Crippen LogP contribution < -0.4 is 9.62 Å². The maximum Gasteiger partial charge on any atom is 0.418 e. The van der Waals surface area contributed by atoms with Gasteiger partial charge in [-0.3, -0.25) is 9.36 Å². The van der Waals surface area contributed by atoms with Gasteiger partial charge in [-0.1, -0.05) is 24.0 Å². The number of anilines is 1. The van der Waals surface area contributed by atoms with E-state index in [2.05, 4.69) is 39.7 Å². The van der Waals surface area contributed by atoms with Crippen molar-refractivity contribution in [2.75, 3.05) is 31.1 Å². The van der Waals surface area contributed by atoms with Crippen LogP contribution in [-0.4, -0.2) is 72.3 Å². The van der Waals surface area contributed by atoms with Crippen molar-refractivity contribution < 1.29 is 27.9 Å². The number of fused-ring (bicyclic) bond motifs is 1. The van der Waals surface area contributed by atoms with Gasteiger partial charge in [0.2, 0.25) is 0 Å². The molecule has 1 atom stereocenters. The lowest BCUT2D eigenvalue weighted by Gasteiger charge is -2.35. The van der Waals surface area contributed by atoms with Crippen molar-refractivity contribution >= 4 is 33.5 Å². The standard InChI is InChI=1S/C34H38N4O6S/c1-24(32(39)40)35-45(42,43)37-21-19-36(20-22-37)28-16-13-25(14-17-28)10-11-26-12-15-27-7-5-8-29(30(27)23-26)31-9-6-18-38(31)33(41)44-34(2,3)4/h6,8-9,12-18,23-24,35H,5,7,19-22H2,1-4H3,(H,39,40). The Morgan fingerprint density at radius 1 is 0.978 bits per heavy atom. The van der Waals surface area contributed by atoms with Gasteiger partial charge in [0, 0.05) is 54.8 Å². The second kappa shape index (κ2) is 12.9.